The minimum absolute atomic E-state index is 0.0134. The van der Waals surface area contributed by atoms with Gasteiger partial charge in [-0.3, -0.25) is 4.90 Å². The Labute approximate surface area is 207 Å². The Morgan fingerprint density at radius 2 is 1.37 bits per heavy atom. The summed E-state index contributed by atoms with van der Waals surface area (Å²) in [6.07, 6.45) is -1.50. The van der Waals surface area contributed by atoms with E-state index in [9.17, 15) is 22.8 Å². The van der Waals surface area contributed by atoms with E-state index in [1.165, 1.54) is 12.1 Å². The third-order valence-corrected chi connectivity index (χ3v) is 7.65. The van der Waals surface area contributed by atoms with Gasteiger partial charge in [-0.1, -0.05) is 45.9 Å². The number of hydroxylamine groups is 2. The Bertz CT molecular complexity index is 950. The van der Waals surface area contributed by atoms with Gasteiger partial charge in [0.2, 0.25) is 0 Å². The van der Waals surface area contributed by atoms with Crippen LogP contribution in [0.25, 0.3) is 0 Å². The standard InChI is InChI=1S/C23H36N4O7S/c1-5-24(6-2)14-16-26-20(18-35(31,32)19-12-10-9-11-13-19)33-21(28)22(29)34-27(23(26)30)17-15-25(7-3)8-4/h9-13,20H,5-8,14-18H2,1-4H3. The Balaban J connectivity index is 2.39. The van der Waals surface area contributed by atoms with Crippen LogP contribution in [-0.2, 0) is 29.0 Å². The largest absolute Gasteiger partial charge is 0.441 e. The van der Waals surface area contributed by atoms with Crippen molar-refractivity contribution in [2.45, 2.75) is 38.8 Å². The molecule has 1 heterocycles. The van der Waals surface area contributed by atoms with E-state index in [-0.39, 0.29) is 18.0 Å². The van der Waals surface area contributed by atoms with Gasteiger partial charge in [-0.05, 0) is 38.3 Å². The molecule has 0 aromatic heterocycles. The maximum absolute atomic E-state index is 13.5. The summed E-state index contributed by atoms with van der Waals surface area (Å²) >= 11 is 0. The molecule has 1 fully saturated rings. The maximum atomic E-state index is 13.5. The fraction of sp³-hybridized carbons (Fsp3) is 0.609. The SMILES string of the molecule is CCN(CC)CCN1OC(=O)C(=O)OC(CS(=O)(=O)c2ccccc2)N(CCN(CC)CC)C1=O. The maximum Gasteiger partial charge on any atom is 0.441 e. The van der Waals surface area contributed by atoms with Gasteiger partial charge in [-0.25, -0.2) is 22.8 Å². The van der Waals surface area contributed by atoms with Crippen molar-refractivity contribution < 1.29 is 32.4 Å². The molecule has 0 saturated carbocycles. The summed E-state index contributed by atoms with van der Waals surface area (Å²) in [6.45, 7) is 11.6. The minimum atomic E-state index is -3.95. The summed E-state index contributed by atoms with van der Waals surface area (Å²) in [4.78, 5) is 48.5. The van der Waals surface area contributed by atoms with Gasteiger partial charge in [0.05, 0.1) is 11.4 Å². The molecular weight excluding hydrogens is 476 g/mol. The van der Waals surface area contributed by atoms with E-state index >= 15 is 0 Å². The number of cyclic esters (lactones) is 1. The second-order valence-electron chi connectivity index (χ2n) is 7.97. The van der Waals surface area contributed by atoms with E-state index in [1.807, 2.05) is 37.5 Å². The lowest BCUT2D eigenvalue weighted by Crippen LogP contribution is -2.58. The highest BCUT2D eigenvalue weighted by molar-refractivity contribution is 7.91. The van der Waals surface area contributed by atoms with E-state index in [0.717, 1.165) is 23.1 Å². The molecule has 0 N–H and O–H groups in total. The summed E-state index contributed by atoms with van der Waals surface area (Å²) in [7, 11) is -3.95. The van der Waals surface area contributed by atoms with Crippen LogP contribution in [0.5, 0.6) is 0 Å². The number of hydrogen-bond donors (Lipinski definition) is 0. The van der Waals surface area contributed by atoms with Crippen molar-refractivity contribution in [2.24, 2.45) is 0 Å². The number of esters is 1. The molecular formula is C23H36N4O7S. The van der Waals surface area contributed by atoms with Crippen LogP contribution in [0.15, 0.2) is 35.2 Å². The van der Waals surface area contributed by atoms with E-state index in [2.05, 4.69) is 0 Å². The van der Waals surface area contributed by atoms with Gasteiger partial charge >= 0.3 is 18.0 Å². The summed E-state index contributed by atoms with van der Waals surface area (Å²) in [5.74, 6) is -3.42. The predicted molar refractivity (Wildman–Crippen MR) is 129 cm³/mol. The molecule has 2 amide bonds. The van der Waals surface area contributed by atoms with Crippen LogP contribution in [-0.4, -0.2) is 110 Å². The third-order valence-electron chi connectivity index (χ3n) is 5.94. The van der Waals surface area contributed by atoms with Crippen LogP contribution in [0, 0.1) is 0 Å². The number of ether oxygens (including phenoxy) is 1. The first kappa shape index (κ1) is 28.5. The van der Waals surface area contributed by atoms with Crippen LogP contribution in [0.2, 0.25) is 0 Å². The van der Waals surface area contributed by atoms with Crippen molar-refractivity contribution in [3.05, 3.63) is 30.3 Å². The summed E-state index contributed by atoms with van der Waals surface area (Å²) in [6, 6.07) is 6.94. The highest BCUT2D eigenvalue weighted by atomic mass is 32.2. The molecule has 1 aliphatic rings. The molecule has 1 saturated heterocycles. The number of rotatable bonds is 13. The summed E-state index contributed by atoms with van der Waals surface area (Å²) in [5.41, 5.74) is 0. The predicted octanol–water partition coefficient (Wildman–Crippen LogP) is 1.21. The van der Waals surface area contributed by atoms with E-state index in [4.69, 9.17) is 9.57 Å². The van der Waals surface area contributed by atoms with Gasteiger partial charge in [-0.15, -0.1) is 0 Å². The molecule has 0 radical (unpaired) electrons. The topological polar surface area (TPSA) is 117 Å². The monoisotopic (exact) mass is 512 g/mol. The van der Waals surface area contributed by atoms with Crippen molar-refractivity contribution in [1.29, 1.82) is 0 Å². The number of likely N-dealkylation sites (N-methyl/N-ethyl adjacent to an activating group) is 2. The second-order valence-corrected chi connectivity index (χ2v) is 10.00. The smallest absolute Gasteiger partial charge is 0.432 e. The molecule has 1 aromatic rings. The number of sulfone groups is 1. The van der Waals surface area contributed by atoms with E-state index in [0.29, 0.717) is 26.2 Å². The lowest BCUT2D eigenvalue weighted by Gasteiger charge is -2.37. The normalized spacial score (nSPS) is 17.4. The molecule has 196 valence electrons. The Hall–Kier alpha value is -2.70. The zero-order valence-electron chi connectivity index (χ0n) is 20.9. The lowest BCUT2D eigenvalue weighted by molar-refractivity contribution is -0.204. The zero-order chi connectivity index (χ0) is 26.0. The van der Waals surface area contributed by atoms with Gasteiger partial charge in [0.1, 0.15) is 5.75 Å². The second kappa shape index (κ2) is 13.4. The number of benzene rings is 1. The Kier molecular flexibility index (Phi) is 10.9. The molecule has 0 bridgehead atoms. The number of amides is 2. The van der Waals surface area contributed by atoms with Crippen molar-refractivity contribution in [1.82, 2.24) is 19.8 Å². The summed E-state index contributed by atoms with van der Waals surface area (Å²) in [5, 5.41) is 0.825. The van der Waals surface area contributed by atoms with Crippen molar-refractivity contribution in [3.63, 3.8) is 0 Å². The van der Waals surface area contributed by atoms with Gasteiger partial charge in [-0.2, -0.15) is 5.06 Å². The lowest BCUT2D eigenvalue weighted by atomic mass is 10.4. The first-order chi connectivity index (χ1) is 16.7. The molecule has 0 aliphatic carbocycles. The highest BCUT2D eigenvalue weighted by Crippen LogP contribution is 2.19. The number of carbonyl (C=O) groups is 3. The number of nitrogens with zero attached hydrogens (tertiary/aromatic N) is 4. The molecule has 1 unspecified atom stereocenters. The fourth-order valence-corrected chi connectivity index (χ4v) is 5.04. The van der Waals surface area contributed by atoms with Gasteiger partial charge in [0, 0.05) is 19.6 Å². The van der Waals surface area contributed by atoms with Crippen LogP contribution in [0.3, 0.4) is 0 Å². The zero-order valence-corrected chi connectivity index (χ0v) is 21.7. The minimum Gasteiger partial charge on any atom is -0.432 e. The molecule has 1 atom stereocenters. The number of carbonyl (C=O) groups excluding carboxylic acids is 3. The average molecular weight is 513 g/mol. The van der Waals surface area contributed by atoms with Gasteiger partial charge < -0.3 is 19.4 Å². The summed E-state index contributed by atoms with van der Waals surface area (Å²) < 4.78 is 31.4. The van der Waals surface area contributed by atoms with Gasteiger partial charge in [0.25, 0.3) is 0 Å². The van der Waals surface area contributed by atoms with E-state index < -0.39 is 39.8 Å². The van der Waals surface area contributed by atoms with Crippen LogP contribution in [0.1, 0.15) is 27.7 Å². The first-order valence-corrected chi connectivity index (χ1v) is 13.5. The molecule has 1 aliphatic heterocycles. The Morgan fingerprint density at radius 1 is 0.829 bits per heavy atom. The van der Waals surface area contributed by atoms with Crippen LogP contribution >= 0.6 is 0 Å². The van der Waals surface area contributed by atoms with Crippen molar-refractivity contribution in [3.8, 4) is 0 Å². The molecule has 35 heavy (non-hydrogen) atoms. The van der Waals surface area contributed by atoms with Gasteiger partial charge in [0.15, 0.2) is 16.1 Å². The van der Waals surface area contributed by atoms with Crippen LogP contribution < -0.4 is 0 Å². The average Bonchev–Trinajstić information content (AvgIpc) is 2.85. The number of urea groups is 1. The molecule has 1 aromatic carbocycles. The number of hydrogen-bond acceptors (Lipinski definition) is 9. The third kappa shape index (κ3) is 7.91. The molecule has 0 spiro atoms. The fourth-order valence-electron chi connectivity index (χ4n) is 3.66. The highest BCUT2D eigenvalue weighted by Gasteiger charge is 2.40. The first-order valence-electron chi connectivity index (χ1n) is 11.9. The quantitative estimate of drug-likeness (QED) is 0.284. The van der Waals surface area contributed by atoms with Crippen LogP contribution in [0.4, 0.5) is 4.79 Å². The molecule has 12 heteroatoms. The molecule has 2 rings (SSSR count). The molecule has 11 nitrogen and oxygen atoms in total. The van der Waals surface area contributed by atoms with E-state index in [1.54, 1.807) is 18.2 Å². The van der Waals surface area contributed by atoms with Crippen molar-refractivity contribution >= 4 is 27.8 Å². The Morgan fingerprint density at radius 3 is 1.91 bits per heavy atom. The van der Waals surface area contributed by atoms with Crippen molar-refractivity contribution in [2.75, 3.05) is 58.1 Å².